The maximum atomic E-state index is 12.6. The van der Waals surface area contributed by atoms with Gasteiger partial charge < -0.3 is 19.4 Å². The number of carbonyl (C=O) groups is 1. The van der Waals surface area contributed by atoms with Gasteiger partial charge in [0.2, 0.25) is 0 Å². The number of benzene rings is 1. The van der Waals surface area contributed by atoms with Crippen molar-refractivity contribution in [1.82, 2.24) is 10.2 Å². The van der Waals surface area contributed by atoms with Crippen LogP contribution < -0.4 is 5.32 Å². The van der Waals surface area contributed by atoms with Crippen LogP contribution in [0.5, 0.6) is 0 Å². The molecular formula is C19H24N2O3. The molecule has 2 heterocycles. The van der Waals surface area contributed by atoms with Gasteiger partial charge in [-0.1, -0.05) is 18.2 Å². The highest BCUT2D eigenvalue weighted by Crippen LogP contribution is 2.42. The predicted molar refractivity (Wildman–Crippen MR) is 91.8 cm³/mol. The Balaban J connectivity index is 1.46. The van der Waals surface area contributed by atoms with Gasteiger partial charge in [-0.25, -0.2) is 4.79 Å². The number of amides is 2. The van der Waals surface area contributed by atoms with Crippen LogP contribution in [0.4, 0.5) is 4.79 Å². The smallest absolute Gasteiger partial charge is 0.317 e. The third-order valence-corrected chi connectivity index (χ3v) is 5.03. The first-order valence-corrected chi connectivity index (χ1v) is 8.78. The van der Waals surface area contributed by atoms with Crippen LogP contribution in [0.15, 0.2) is 34.7 Å². The maximum Gasteiger partial charge on any atom is 0.317 e. The molecule has 0 unspecified atom stereocenters. The second-order valence-electron chi connectivity index (χ2n) is 7.06. The second-order valence-corrected chi connectivity index (χ2v) is 7.06. The fourth-order valence-electron chi connectivity index (χ4n) is 3.45. The first-order valence-electron chi connectivity index (χ1n) is 8.78. The van der Waals surface area contributed by atoms with Crippen molar-refractivity contribution in [2.45, 2.75) is 25.3 Å². The Kier molecular flexibility index (Phi) is 4.19. The van der Waals surface area contributed by atoms with E-state index < -0.39 is 0 Å². The third kappa shape index (κ3) is 3.26. The number of para-hydroxylation sites is 1. The lowest BCUT2D eigenvalue weighted by molar-refractivity contribution is 0.169. The summed E-state index contributed by atoms with van der Waals surface area (Å²) in [6.07, 6.45) is 3.32. The molecule has 1 saturated carbocycles. The van der Waals surface area contributed by atoms with E-state index in [-0.39, 0.29) is 12.1 Å². The van der Waals surface area contributed by atoms with Crippen molar-refractivity contribution >= 4 is 17.0 Å². The van der Waals surface area contributed by atoms with E-state index in [0.29, 0.717) is 11.8 Å². The summed E-state index contributed by atoms with van der Waals surface area (Å²) in [5.74, 6) is 1.80. The van der Waals surface area contributed by atoms with Crippen molar-refractivity contribution in [3.8, 4) is 0 Å². The Labute approximate surface area is 141 Å². The van der Waals surface area contributed by atoms with Crippen LogP contribution in [0.25, 0.3) is 11.0 Å². The number of furan rings is 1. The van der Waals surface area contributed by atoms with Gasteiger partial charge in [0, 0.05) is 31.5 Å². The number of ether oxygens (including phenoxy) is 1. The van der Waals surface area contributed by atoms with Crippen LogP contribution in [-0.4, -0.2) is 37.7 Å². The Morgan fingerprint density at radius 2 is 2.17 bits per heavy atom. The average Bonchev–Trinajstić information content (AvgIpc) is 3.12. The molecule has 1 N–H and O–H groups in total. The monoisotopic (exact) mass is 328 g/mol. The summed E-state index contributed by atoms with van der Waals surface area (Å²) in [5, 5.41) is 4.27. The highest BCUT2D eigenvalue weighted by Gasteiger charge is 2.36. The van der Waals surface area contributed by atoms with Gasteiger partial charge >= 0.3 is 6.03 Å². The Morgan fingerprint density at radius 3 is 2.88 bits per heavy atom. The molecule has 2 fully saturated rings. The SMILES string of the molecule is CN(C[C@H]1CCOC1)C(=O)N[C@@H](c1cc2ccccc2o1)C1CC1. The number of hydrogen-bond acceptors (Lipinski definition) is 3. The van der Waals surface area contributed by atoms with E-state index in [1.54, 1.807) is 4.90 Å². The lowest BCUT2D eigenvalue weighted by Gasteiger charge is -2.24. The fraction of sp³-hybridized carbons (Fsp3) is 0.526. The standard InChI is InChI=1S/C19H24N2O3/c1-21(11-13-8-9-23-12-13)19(22)20-18(14-6-7-14)17-10-15-4-2-3-5-16(15)24-17/h2-5,10,13-14,18H,6-9,11-12H2,1H3,(H,20,22)/t13-,18-/m1/s1. The number of rotatable bonds is 5. The molecule has 2 amide bonds. The molecule has 1 aromatic heterocycles. The summed E-state index contributed by atoms with van der Waals surface area (Å²) in [7, 11) is 1.86. The van der Waals surface area contributed by atoms with Crippen LogP contribution in [0, 0.1) is 11.8 Å². The highest BCUT2D eigenvalue weighted by molar-refractivity contribution is 5.78. The van der Waals surface area contributed by atoms with Gasteiger partial charge in [-0.05, 0) is 37.3 Å². The predicted octanol–water partition coefficient (Wildman–Crippen LogP) is 3.56. The van der Waals surface area contributed by atoms with Crippen LogP contribution in [0.1, 0.15) is 31.1 Å². The van der Waals surface area contributed by atoms with E-state index in [1.165, 1.54) is 0 Å². The topological polar surface area (TPSA) is 54.7 Å². The molecular weight excluding hydrogens is 304 g/mol. The van der Waals surface area contributed by atoms with Gasteiger partial charge in [0.1, 0.15) is 11.3 Å². The van der Waals surface area contributed by atoms with Gasteiger partial charge in [-0.3, -0.25) is 0 Å². The first kappa shape index (κ1) is 15.5. The molecule has 1 aliphatic heterocycles. The Bertz CT molecular complexity index is 683. The zero-order chi connectivity index (χ0) is 16.5. The molecule has 128 valence electrons. The molecule has 2 aromatic rings. The first-order chi connectivity index (χ1) is 11.7. The molecule has 0 bridgehead atoms. The van der Waals surface area contributed by atoms with Crippen molar-refractivity contribution < 1.29 is 13.9 Å². The molecule has 1 aliphatic carbocycles. The van der Waals surface area contributed by atoms with Gasteiger partial charge in [-0.2, -0.15) is 0 Å². The number of fused-ring (bicyclic) bond motifs is 1. The number of hydrogen-bond donors (Lipinski definition) is 1. The minimum Gasteiger partial charge on any atom is -0.459 e. The molecule has 24 heavy (non-hydrogen) atoms. The number of urea groups is 1. The van der Waals surface area contributed by atoms with E-state index in [0.717, 1.165) is 55.8 Å². The van der Waals surface area contributed by atoms with Gasteiger partial charge in [0.05, 0.1) is 12.6 Å². The van der Waals surface area contributed by atoms with Crippen molar-refractivity contribution in [3.63, 3.8) is 0 Å². The molecule has 0 spiro atoms. The fourth-order valence-corrected chi connectivity index (χ4v) is 3.45. The third-order valence-electron chi connectivity index (χ3n) is 5.03. The quantitative estimate of drug-likeness (QED) is 0.913. The number of carbonyl (C=O) groups excluding carboxylic acids is 1. The molecule has 5 nitrogen and oxygen atoms in total. The summed E-state index contributed by atoms with van der Waals surface area (Å²) in [4.78, 5) is 14.4. The minimum atomic E-state index is -0.0350. The average molecular weight is 328 g/mol. The van der Waals surface area contributed by atoms with Crippen molar-refractivity contribution in [2.24, 2.45) is 11.8 Å². The highest BCUT2D eigenvalue weighted by atomic mass is 16.5. The molecule has 5 heteroatoms. The van der Waals surface area contributed by atoms with Gasteiger partial charge in [0.25, 0.3) is 0 Å². The van der Waals surface area contributed by atoms with E-state index in [1.807, 2.05) is 31.3 Å². The Hall–Kier alpha value is -2.01. The molecule has 2 aliphatic rings. The largest absolute Gasteiger partial charge is 0.459 e. The molecule has 1 aromatic carbocycles. The zero-order valence-corrected chi connectivity index (χ0v) is 14.0. The van der Waals surface area contributed by atoms with E-state index in [2.05, 4.69) is 11.4 Å². The van der Waals surface area contributed by atoms with Crippen LogP contribution in [0.3, 0.4) is 0 Å². The van der Waals surface area contributed by atoms with E-state index in [4.69, 9.17) is 9.15 Å². The Morgan fingerprint density at radius 1 is 1.33 bits per heavy atom. The summed E-state index contributed by atoms with van der Waals surface area (Å²) < 4.78 is 11.4. The van der Waals surface area contributed by atoms with Gasteiger partial charge in [0.15, 0.2) is 0 Å². The molecule has 4 rings (SSSR count). The summed E-state index contributed by atoms with van der Waals surface area (Å²) in [5.41, 5.74) is 0.879. The molecule has 0 radical (unpaired) electrons. The van der Waals surface area contributed by atoms with Gasteiger partial charge in [-0.15, -0.1) is 0 Å². The second kappa shape index (κ2) is 6.48. The van der Waals surface area contributed by atoms with Crippen LogP contribution in [0.2, 0.25) is 0 Å². The van der Waals surface area contributed by atoms with E-state index >= 15 is 0 Å². The number of nitrogens with one attached hydrogen (secondary N) is 1. The van der Waals surface area contributed by atoms with E-state index in [9.17, 15) is 4.79 Å². The van der Waals surface area contributed by atoms with Crippen LogP contribution in [-0.2, 0) is 4.74 Å². The van der Waals surface area contributed by atoms with Crippen molar-refractivity contribution in [2.75, 3.05) is 26.8 Å². The number of nitrogens with zero attached hydrogens (tertiary/aromatic N) is 1. The normalized spacial score (nSPS) is 21.8. The lowest BCUT2D eigenvalue weighted by Crippen LogP contribution is -2.42. The summed E-state index contributed by atoms with van der Waals surface area (Å²) in [6.45, 7) is 2.31. The van der Waals surface area contributed by atoms with Crippen molar-refractivity contribution in [3.05, 3.63) is 36.1 Å². The van der Waals surface area contributed by atoms with Crippen molar-refractivity contribution in [1.29, 1.82) is 0 Å². The molecule has 1 saturated heterocycles. The zero-order valence-electron chi connectivity index (χ0n) is 14.0. The molecule has 2 atom stereocenters. The van der Waals surface area contributed by atoms with Crippen LogP contribution >= 0.6 is 0 Å². The minimum absolute atomic E-state index is 0.0285. The lowest BCUT2D eigenvalue weighted by atomic mass is 10.1. The summed E-state index contributed by atoms with van der Waals surface area (Å²) in [6, 6.07) is 9.98. The maximum absolute atomic E-state index is 12.6. The summed E-state index contributed by atoms with van der Waals surface area (Å²) >= 11 is 0.